The maximum Gasteiger partial charge on any atom is 0.276 e. The smallest absolute Gasteiger partial charge is 0.276 e. The molecule has 1 aliphatic heterocycles. The maximum absolute atomic E-state index is 12.6. The first-order valence-electron chi connectivity index (χ1n) is 7.75. The molecule has 1 saturated heterocycles. The van der Waals surface area contributed by atoms with Crippen molar-refractivity contribution in [3.63, 3.8) is 0 Å². The van der Waals surface area contributed by atoms with Crippen molar-refractivity contribution in [3.8, 4) is 0 Å². The van der Waals surface area contributed by atoms with Crippen LogP contribution in [0.25, 0.3) is 0 Å². The van der Waals surface area contributed by atoms with Gasteiger partial charge in [-0.1, -0.05) is 5.16 Å². The number of rotatable bonds is 4. The van der Waals surface area contributed by atoms with Crippen LogP contribution in [0, 0.1) is 6.92 Å². The predicted molar refractivity (Wildman–Crippen MR) is 83.7 cm³/mol. The topological polar surface area (TPSA) is 75.4 Å². The first-order valence-corrected chi connectivity index (χ1v) is 7.75. The van der Waals surface area contributed by atoms with Gasteiger partial charge in [0.1, 0.15) is 5.76 Å². The van der Waals surface area contributed by atoms with E-state index in [0.717, 1.165) is 25.1 Å². The van der Waals surface area contributed by atoms with Gasteiger partial charge in [-0.3, -0.25) is 4.79 Å². The summed E-state index contributed by atoms with van der Waals surface area (Å²) < 4.78 is 5.01. The molecule has 1 amide bonds. The lowest BCUT2D eigenvalue weighted by Crippen LogP contribution is -2.32. The van der Waals surface area contributed by atoms with Crippen LogP contribution in [0.1, 0.15) is 46.7 Å². The highest BCUT2D eigenvalue weighted by atomic mass is 16.5. The Morgan fingerprint density at radius 2 is 2.30 bits per heavy atom. The average molecular weight is 315 g/mol. The minimum atomic E-state index is -0.119. The first-order chi connectivity index (χ1) is 11.0. The van der Waals surface area contributed by atoms with E-state index in [1.807, 2.05) is 20.2 Å². The summed E-state index contributed by atoms with van der Waals surface area (Å²) in [6.45, 7) is 3.22. The number of hydrogen-bond donors (Lipinski definition) is 0. The van der Waals surface area contributed by atoms with Crippen molar-refractivity contribution in [3.05, 3.63) is 41.3 Å². The van der Waals surface area contributed by atoms with Gasteiger partial charge in [0.15, 0.2) is 11.5 Å². The molecule has 2 aromatic rings. The molecular weight excluding hydrogens is 294 g/mol. The van der Waals surface area contributed by atoms with Gasteiger partial charge < -0.3 is 14.3 Å². The zero-order chi connectivity index (χ0) is 16.4. The van der Waals surface area contributed by atoms with Crippen molar-refractivity contribution in [1.29, 1.82) is 0 Å². The number of carbonyl (C=O) groups is 1. The minimum Gasteiger partial charge on any atom is -0.361 e. The molecule has 3 rings (SSSR count). The molecule has 0 unspecified atom stereocenters. The van der Waals surface area contributed by atoms with Crippen molar-refractivity contribution in [1.82, 2.24) is 24.9 Å². The van der Waals surface area contributed by atoms with Gasteiger partial charge in [0.25, 0.3) is 5.91 Å². The molecule has 3 heterocycles. The van der Waals surface area contributed by atoms with Gasteiger partial charge in [0.05, 0.1) is 11.7 Å². The molecule has 0 aliphatic carbocycles. The molecular formula is C16H21N5O2. The molecule has 1 aliphatic rings. The monoisotopic (exact) mass is 315 g/mol. The van der Waals surface area contributed by atoms with E-state index >= 15 is 0 Å². The lowest BCUT2D eigenvalue weighted by molar-refractivity contribution is 0.0719. The Hall–Kier alpha value is -2.28. The predicted octanol–water partition coefficient (Wildman–Crippen LogP) is 1.81. The average Bonchev–Trinajstić information content (AvgIpc) is 3.15. The quantitative estimate of drug-likeness (QED) is 0.856. The van der Waals surface area contributed by atoms with Crippen LogP contribution in [-0.2, 0) is 6.54 Å². The minimum absolute atomic E-state index is 0.0957. The fraction of sp³-hybridized carbons (Fsp3) is 0.500. The van der Waals surface area contributed by atoms with Crippen LogP contribution < -0.4 is 0 Å². The van der Waals surface area contributed by atoms with E-state index in [1.54, 1.807) is 24.1 Å². The number of likely N-dealkylation sites (tertiary alicyclic amines) is 1. The van der Waals surface area contributed by atoms with Gasteiger partial charge in [-0.15, -0.1) is 0 Å². The van der Waals surface area contributed by atoms with E-state index in [-0.39, 0.29) is 11.9 Å². The highest BCUT2D eigenvalue weighted by molar-refractivity contribution is 5.92. The first kappa shape index (κ1) is 15.6. The molecule has 1 atom stereocenters. The Balaban J connectivity index is 1.82. The zero-order valence-corrected chi connectivity index (χ0v) is 13.7. The Labute approximate surface area is 135 Å². The number of aromatic nitrogens is 3. The second kappa shape index (κ2) is 6.45. The molecule has 0 radical (unpaired) electrons. The second-order valence-corrected chi connectivity index (χ2v) is 6.12. The Morgan fingerprint density at radius 3 is 3.00 bits per heavy atom. The molecule has 1 fully saturated rings. The largest absolute Gasteiger partial charge is 0.361 e. The van der Waals surface area contributed by atoms with Gasteiger partial charge in [0, 0.05) is 25.4 Å². The number of carbonyl (C=O) groups excluding carboxylic acids is 1. The lowest BCUT2D eigenvalue weighted by Gasteiger charge is -2.23. The molecule has 7 heteroatoms. The summed E-state index contributed by atoms with van der Waals surface area (Å²) in [5.41, 5.74) is 1.30. The number of hydrogen-bond acceptors (Lipinski definition) is 6. The van der Waals surface area contributed by atoms with Crippen molar-refractivity contribution in [2.45, 2.75) is 32.4 Å². The van der Waals surface area contributed by atoms with Crippen LogP contribution in [0.2, 0.25) is 0 Å². The number of nitrogens with zero attached hydrogens (tertiary/aromatic N) is 5. The summed E-state index contributed by atoms with van der Waals surface area (Å²) in [5, 5.41) is 3.83. The van der Waals surface area contributed by atoms with Crippen LogP contribution in [0.15, 0.2) is 22.9 Å². The van der Waals surface area contributed by atoms with Crippen LogP contribution in [0.4, 0.5) is 0 Å². The molecule has 2 aromatic heterocycles. The fourth-order valence-electron chi connectivity index (χ4n) is 2.88. The van der Waals surface area contributed by atoms with Crippen LogP contribution in [0.5, 0.6) is 0 Å². The van der Waals surface area contributed by atoms with Gasteiger partial charge in [-0.2, -0.15) is 0 Å². The third-order valence-electron chi connectivity index (χ3n) is 3.87. The van der Waals surface area contributed by atoms with Gasteiger partial charge >= 0.3 is 0 Å². The standard InChI is InChI=1S/C16H21N5O2/c1-11-9-13(19-23-11)16(22)21-8-4-5-14(21)15-17-7-6-12(18-15)10-20(2)3/h6-7,9,14H,4-5,8,10H2,1-3H3/t14-/m0/s1. The van der Waals surface area contributed by atoms with Crippen molar-refractivity contribution >= 4 is 5.91 Å². The van der Waals surface area contributed by atoms with Crippen LogP contribution >= 0.6 is 0 Å². The summed E-state index contributed by atoms with van der Waals surface area (Å²) in [6, 6.07) is 3.48. The molecule has 0 N–H and O–H groups in total. The van der Waals surface area contributed by atoms with E-state index in [4.69, 9.17) is 4.52 Å². The molecule has 0 spiro atoms. The summed E-state index contributed by atoms with van der Waals surface area (Å²) >= 11 is 0. The fourth-order valence-corrected chi connectivity index (χ4v) is 2.88. The van der Waals surface area contributed by atoms with Crippen molar-refractivity contribution in [2.75, 3.05) is 20.6 Å². The van der Waals surface area contributed by atoms with E-state index in [0.29, 0.717) is 23.8 Å². The van der Waals surface area contributed by atoms with Crippen LogP contribution in [0.3, 0.4) is 0 Å². The molecule has 23 heavy (non-hydrogen) atoms. The maximum atomic E-state index is 12.6. The number of aryl methyl sites for hydroxylation is 1. The Morgan fingerprint density at radius 1 is 1.48 bits per heavy atom. The SMILES string of the molecule is Cc1cc(C(=O)N2CCC[C@H]2c2nccc(CN(C)C)n2)no1. The molecule has 122 valence electrons. The van der Waals surface area contributed by atoms with E-state index < -0.39 is 0 Å². The zero-order valence-electron chi connectivity index (χ0n) is 13.7. The second-order valence-electron chi connectivity index (χ2n) is 6.12. The van der Waals surface area contributed by atoms with E-state index in [2.05, 4.69) is 20.0 Å². The highest BCUT2D eigenvalue weighted by Gasteiger charge is 2.33. The molecule has 7 nitrogen and oxygen atoms in total. The van der Waals surface area contributed by atoms with Gasteiger partial charge in [-0.05, 0) is 39.9 Å². The molecule has 0 aromatic carbocycles. The summed E-state index contributed by atoms with van der Waals surface area (Å²) in [6.07, 6.45) is 3.57. The lowest BCUT2D eigenvalue weighted by atomic mass is 10.2. The van der Waals surface area contributed by atoms with Crippen LogP contribution in [-0.4, -0.2) is 51.5 Å². The normalized spacial score (nSPS) is 17.9. The Bertz CT molecular complexity index is 697. The summed E-state index contributed by atoms with van der Waals surface area (Å²) in [5.74, 6) is 1.22. The highest BCUT2D eigenvalue weighted by Crippen LogP contribution is 2.31. The van der Waals surface area contributed by atoms with Gasteiger partial charge in [0.2, 0.25) is 0 Å². The van der Waals surface area contributed by atoms with E-state index in [9.17, 15) is 4.79 Å². The van der Waals surface area contributed by atoms with E-state index in [1.165, 1.54) is 0 Å². The third kappa shape index (κ3) is 3.39. The summed E-state index contributed by atoms with van der Waals surface area (Å²) in [7, 11) is 4.00. The summed E-state index contributed by atoms with van der Waals surface area (Å²) in [4.78, 5) is 25.5. The molecule has 0 saturated carbocycles. The van der Waals surface area contributed by atoms with Crippen molar-refractivity contribution in [2.24, 2.45) is 0 Å². The number of amides is 1. The Kier molecular flexibility index (Phi) is 4.38. The third-order valence-corrected chi connectivity index (χ3v) is 3.87. The van der Waals surface area contributed by atoms with Crippen molar-refractivity contribution < 1.29 is 9.32 Å². The molecule has 0 bridgehead atoms. The van der Waals surface area contributed by atoms with Gasteiger partial charge in [-0.25, -0.2) is 9.97 Å².